The molecule has 1 rings (SSSR count). The van der Waals surface area contributed by atoms with Gasteiger partial charge in [0.15, 0.2) is 10.3 Å². The molecule has 1 heterocycles. The number of aromatic nitrogens is 1. The number of thiazole rings is 1. The Labute approximate surface area is 93.1 Å². The fourth-order valence-electron chi connectivity index (χ4n) is 0.727. The Bertz CT molecular complexity index is 379. The zero-order chi connectivity index (χ0) is 11.4. The zero-order valence-electron chi connectivity index (χ0n) is 7.25. The maximum absolute atomic E-state index is 11.9. The molecule has 0 aliphatic heterocycles. The lowest BCUT2D eigenvalue weighted by molar-refractivity contribution is 0.00384. The molecule has 0 radical (unpaired) electrons. The van der Waals surface area contributed by atoms with Crippen LogP contribution in [0.5, 0.6) is 0 Å². The highest BCUT2D eigenvalue weighted by atomic mass is 35.5. The second-order valence-corrected chi connectivity index (χ2v) is 3.89. The molecule has 0 spiro atoms. The van der Waals surface area contributed by atoms with Gasteiger partial charge in [0.1, 0.15) is 17.1 Å². The van der Waals surface area contributed by atoms with Crippen LogP contribution in [0.15, 0.2) is 0 Å². The first-order valence-corrected chi connectivity index (χ1v) is 5.00. The van der Waals surface area contributed by atoms with Crippen LogP contribution in [0.2, 0.25) is 5.15 Å². The van der Waals surface area contributed by atoms with Crippen LogP contribution in [0.4, 0.5) is 13.9 Å². The maximum atomic E-state index is 11.9. The Balaban J connectivity index is 2.55. The molecule has 0 bridgehead atoms. The largest absolute Gasteiger partial charge is 0.385 e. The van der Waals surface area contributed by atoms with Gasteiger partial charge < -0.3 is 10.4 Å². The number of rotatable bonds is 4. The second kappa shape index (κ2) is 5.21. The quantitative estimate of drug-likeness (QED) is 0.857. The Morgan fingerprint density at radius 3 is 2.80 bits per heavy atom. The highest BCUT2D eigenvalue weighted by Crippen LogP contribution is 2.25. The van der Waals surface area contributed by atoms with Crippen molar-refractivity contribution in [3.05, 3.63) is 10.0 Å². The van der Waals surface area contributed by atoms with Crippen molar-refractivity contribution in [2.75, 3.05) is 11.9 Å². The van der Waals surface area contributed by atoms with Crippen molar-refractivity contribution >= 4 is 28.1 Å². The van der Waals surface area contributed by atoms with E-state index in [0.717, 1.165) is 11.3 Å². The molecule has 0 aliphatic rings. The number of nitriles is 1. The molecule has 2 N–H and O–H groups in total. The molecule has 1 aromatic rings. The average Bonchev–Trinajstić information content (AvgIpc) is 2.55. The predicted octanol–water partition coefficient (Wildman–Crippen LogP) is 1.71. The SMILES string of the molecule is N#Cc1sc(NCC(O)C(F)F)nc1Cl. The number of hydrogen-bond acceptors (Lipinski definition) is 5. The molecular formula is C7H6ClF2N3OS. The topological polar surface area (TPSA) is 68.9 Å². The second-order valence-electron chi connectivity index (χ2n) is 2.53. The van der Waals surface area contributed by atoms with E-state index in [0.29, 0.717) is 0 Å². The van der Waals surface area contributed by atoms with E-state index in [2.05, 4.69) is 10.3 Å². The molecule has 1 unspecified atom stereocenters. The van der Waals surface area contributed by atoms with Gasteiger partial charge in [-0.2, -0.15) is 5.26 Å². The van der Waals surface area contributed by atoms with Crippen LogP contribution in [0, 0.1) is 11.3 Å². The summed E-state index contributed by atoms with van der Waals surface area (Å²) in [4.78, 5) is 3.91. The number of aliphatic hydroxyl groups is 1. The molecule has 0 saturated carbocycles. The van der Waals surface area contributed by atoms with Crippen molar-refractivity contribution in [1.29, 1.82) is 5.26 Å². The van der Waals surface area contributed by atoms with Crippen molar-refractivity contribution in [1.82, 2.24) is 4.98 Å². The summed E-state index contributed by atoms with van der Waals surface area (Å²) in [5.41, 5.74) is 0. The summed E-state index contributed by atoms with van der Waals surface area (Å²) in [6.07, 6.45) is -4.58. The minimum atomic E-state index is -2.82. The van der Waals surface area contributed by atoms with Gasteiger partial charge in [-0.15, -0.1) is 0 Å². The number of nitrogens with one attached hydrogen (secondary N) is 1. The van der Waals surface area contributed by atoms with Crippen LogP contribution in [0.25, 0.3) is 0 Å². The molecular weight excluding hydrogens is 248 g/mol. The lowest BCUT2D eigenvalue weighted by atomic mass is 10.4. The minimum absolute atomic E-state index is 0.0246. The molecule has 1 atom stereocenters. The Hall–Kier alpha value is -0.970. The first-order chi connectivity index (χ1) is 7.04. The van der Waals surface area contributed by atoms with Gasteiger partial charge in [-0.1, -0.05) is 22.9 Å². The van der Waals surface area contributed by atoms with Gasteiger partial charge in [0.25, 0.3) is 6.43 Å². The van der Waals surface area contributed by atoms with Crippen molar-refractivity contribution in [2.45, 2.75) is 12.5 Å². The van der Waals surface area contributed by atoms with Gasteiger partial charge >= 0.3 is 0 Å². The number of nitrogens with zero attached hydrogens (tertiary/aromatic N) is 2. The number of hydrogen-bond donors (Lipinski definition) is 2. The van der Waals surface area contributed by atoms with Crippen LogP contribution < -0.4 is 5.32 Å². The van der Waals surface area contributed by atoms with E-state index in [1.807, 2.05) is 0 Å². The normalized spacial score (nSPS) is 12.5. The van der Waals surface area contributed by atoms with E-state index in [1.54, 1.807) is 6.07 Å². The summed E-state index contributed by atoms with van der Waals surface area (Å²) in [7, 11) is 0. The molecule has 0 fully saturated rings. The fourth-order valence-corrected chi connectivity index (χ4v) is 1.68. The molecule has 4 nitrogen and oxygen atoms in total. The Morgan fingerprint density at radius 2 is 2.33 bits per heavy atom. The third-order valence-electron chi connectivity index (χ3n) is 1.44. The summed E-state index contributed by atoms with van der Waals surface area (Å²) in [5, 5.41) is 20.0. The Morgan fingerprint density at radius 1 is 1.67 bits per heavy atom. The van der Waals surface area contributed by atoms with Crippen molar-refractivity contribution < 1.29 is 13.9 Å². The smallest absolute Gasteiger partial charge is 0.265 e. The van der Waals surface area contributed by atoms with E-state index in [1.165, 1.54) is 0 Å². The number of alkyl halides is 2. The van der Waals surface area contributed by atoms with Crippen molar-refractivity contribution in [2.24, 2.45) is 0 Å². The third-order valence-corrected chi connectivity index (χ3v) is 2.74. The van der Waals surface area contributed by atoms with Crippen molar-refractivity contribution in [3.8, 4) is 6.07 Å². The van der Waals surface area contributed by atoms with Crippen LogP contribution in [0.1, 0.15) is 4.88 Å². The summed E-state index contributed by atoms with van der Waals surface area (Å²) >= 11 is 6.49. The van der Waals surface area contributed by atoms with Gasteiger partial charge in [0.05, 0.1) is 0 Å². The van der Waals surface area contributed by atoms with Gasteiger partial charge in [0.2, 0.25) is 0 Å². The monoisotopic (exact) mass is 253 g/mol. The Kier molecular flexibility index (Phi) is 4.20. The summed E-state index contributed by atoms with van der Waals surface area (Å²) in [6.45, 7) is -0.341. The first kappa shape index (κ1) is 12.1. The number of anilines is 1. The van der Waals surface area contributed by atoms with E-state index >= 15 is 0 Å². The van der Waals surface area contributed by atoms with Gasteiger partial charge in [-0.05, 0) is 0 Å². The molecule has 8 heteroatoms. The molecule has 1 aromatic heterocycles. The van der Waals surface area contributed by atoms with Gasteiger partial charge in [0, 0.05) is 6.54 Å². The lowest BCUT2D eigenvalue weighted by Gasteiger charge is -2.08. The fraction of sp³-hybridized carbons (Fsp3) is 0.429. The zero-order valence-corrected chi connectivity index (χ0v) is 8.82. The number of halogens is 3. The van der Waals surface area contributed by atoms with Crippen LogP contribution in [0.3, 0.4) is 0 Å². The summed E-state index contributed by atoms with van der Waals surface area (Å²) < 4.78 is 23.8. The predicted molar refractivity (Wildman–Crippen MR) is 52.3 cm³/mol. The van der Waals surface area contributed by atoms with E-state index < -0.39 is 12.5 Å². The highest BCUT2D eigenvalue weighted by Gasteiger charge is 2.17. The van der Waals surface area contributed by atoms with Gasteiger partial charge in [-0.25, -0.2) is 13.8 Å². The molecule has 0 aromatic carbocycles. The van der Waals surface area contributed by atoms with E-state index in [-0.39, 0.29) is 21.7 Å². The van der Waals surface area contributed by atoms with E-state index in [9.17, 15) is 8.78 Å². The molecule has 0 amide bonds. The van der Waals surface area contributed by atoms with Crippen LogP contribution in [-0.2, 0) is 0 Å². The van der Waals surface area contributed by atoms with Gasteiger partial charge in [-0.3, -0.25) is 0 Å². The minimum Gasteiger partial charge on any atom is -0.385 e. The average molecular weight is 254 g/mol. The van der Waals surface area contributed by atoms with Crippen molar-refractivity contribution in [3.63, 3.8) is 0 Å². The third kappa shape index (κ3) is 3.27. The molecule has 82 valence electrons. The molecule has 0 saturated heterocycles. The highest BCUT2D eigenvalue weighted by molar-refractivity contribution is 7.16. The maximum Gasteiger partial charge on any atom is 0.265 e. The first-order valence-electron chi connectivity index (χ1n) is 3.81. The summed E-state index contributed by atoms with van der Waals surface area (Å²) in [5.74, 6) is 0. The van der Waals surface area contributed by atoms with E-state index in [4.69, 9.17) is 22.0 Å². The van der Waals surface area contributed by atoms with Crippen LogP contribution in [-0.4, -0.2) is 29.2 Å². The standard InChI is InChI=1S/C7H6ClF2N3OS/c8-5-4(1-11)15-7(13-5)12-2-3(14)6(9)10/h3,6,14H,2H2,(H,12,13). The van der Waals surface area contributed by atoms with Crippen LogP contribution >= 0.6 is 22.9 Å². The number of aliphatic hydroxyl groups excluding tert-OH is 1. The molecule has 0 aliphatic carbocycles. The lowest BCUT2D eigenvalue weighted by Crippen LogP contribution is -2.26. The molecule has 15 heavy (non-hydrogen) atoms. The summed E-state index contributed by atoms with van der Waals surface area (Å²) in [6, 6.07) is 1.80.